The van der Waals surface area contributed by atoms with Crippen LogP contribution in [0.25, 0.3) is 0 Å². The van der Waals surface area contributed by atoms with Crippen LogP contribution in [0.1, 0.15) is 25.7 Å². The Bertz CT molecular complexity index is 508. The third-order valence-corrected chi connectivity index (χ3v) is 6.47. The van der Waals surface area contributed by atoms with E-state index in [2.05, 4.69) is 25.0 Å². The standard InChI is InChI=1S/C13H24N3O6PS/c1-21-23(19,20)22-7-6-14-11(17)5-3-2-4-10-12-9(8-24-10)15-13(18)16-12/h9-10,12H,2-8H2,1H3,(H,14,17)(H,19,20)(H2,15,16,18)/t9-,10?,12-/m0/s1. The lowest BCUT2D eigenvalue weighted by Gasteiger charge is -2.16. The number of carbonyl (C=O) groups excluding carboxylic acids is 2. The van der Waals surface area contributed by atoms with Gasteiger partial charge in [-0.2, -0.15) is 11.8 Å². The quantitative estimate of drug-likeness (QED) is 0.248. The fraction of sp³-hybridized carbons (Fsp3) is 0.846. The van der Waals surface area contributed by atoms with E-state index in [-0.39, 0.29) is 37.2 Å². The van der Waals surface area contributed by atoms with Crippen LogP contribution in [0, 0.1) is 0 Å². The number of phosphoric acid groups is 1. The van der Waals surface area contributed by atoms with Crippen LogP contribution in [0.5, 0.6) is 0 Å². The molecule has 2 rings (SSSR count). The van der Waals surface area contributed by atoms with Crippen molar-refractivity contribution in [1.29, 1.82) is 0 Å². The second-order valence-electron chi connectivity index (χ2n) is 5.70. The van der Waals surface area contributed by atoms with Gasteiger partial charge in [-0.15, -0.1) is 0 Å². The maximum atomic E-state index is 11.7. The lowest BCUT2D eigenvalue weighted by molar-refractivity contribution is -0.121. The Morgan fingerprint density at radius 1 is 1.46 bits per heavy atom. The Morgan fingerprint density at radius 2 is 2.25 bits per heavy atom. The second-order valence-corrected chi connectivity index (χ2v) is 8.53. The smallest absolute Gasteiger partial charge is 0.354 e. The van der Waals surface area contributed by atoms with Crippen LogP contribution >= 0.6 is 19.6 Å². The van der Waals surface area contributed by atoms with Gasteiger partial charge in [0.1, 0.15) is 0 Å². The van der Waals surface area contributed by atoms with Crippen molar-refractivity contribution in [3.63, 3.8) is 0 Å². The normalized spacial score (nSPS) is 27.9. The van der Waals surface area contributed by atoms with E-state index in [1.807, 2.05) is 11.8 Å². The van der Waals surface area contributed by atoms with Crippen molar-refractivity contribution in [1.82, 2.24) is 16.0 Å². The van der Waals surface area contributed by atoms with Crippen molar-refractivity contribution in [2.45, 2.75) is 43.0 Å². The Morgan fingerprint density at radius 3 is 3.00 bits per heavy atom. The fourth-order valence-electron chi connectivity index (χ4n) is 2.77. The summed E-state index contributed by atoms with van der Waals surface area (Å²) in [7, 11) is -2.89. The second kappa shape index (κ2) is 9.05. The Hall–Kier alpha value is -0.800. The molecule has 138 valence electrons. The Balaban J connectivity index is 1.51. The summed E-state index contributed by atoms with van der Waals surface area (Å²) in [5.74, 6) is 0.821. The van der Waals surface area contributed by atoms with Gasteiger partial charge in [-0.25, -0.2) is 9.36 Å². The molecule has 4 atom stereocenters. The molecule has 0 spiro atoms. The number of unbranched alkanes of at least 4 members (excludes halogenated alkanes) is 1. The molecule has 0 aliphatic carbocycles. The molecule has 2 aliphatic rings. The van der Waals surface area contributed by atoms with Crippen LogP contribution in [0.15, 0.2) is 0 Å². The molecular weight excluding hydrogens is 357 g/mol. The molecule has 2 saturated heterocycles. The van der Waals surface area contributed by atoms with Crippen LogP contribution in [0.3, 0.4) is 0 Å². The maximum Gasteiger partial charge on any atom is 0.471 e. The number of urea groups is 1. The van der Waals surface area contributed by atoms with E-state index in [1.54, 1.807) is 0 Å². The number of rotatable bonds is 10. The van der Waals surface area contributed by atoms with Crippen LogP contribution in [0.2, 0.25) is 0 Å². The Labute approximate surface area is 145 Å². The zero-order valence-electron chi connectivity index (χ0n) is 13.5. The number of carbonyl (C=O) groups is 2. The van der Waals surface area contributed by atoms with Crippen molar-refractivity contribution < 1.29 is 28.1 Å². The summed E-state index contributed by atoms with van der Waals surface area (Å²) in [6.07, 6.45) is 3.04. The minimum Gasteiger partial charge on any atom is -0.354 e. The van der Waals surface area contributed by atoms with Crippen LogP contribution in [-0.2, 0) is 18.4 Å². The third-order valence-electron chi connectivity index (χ3n) is 3.99. The van der Waals surface area contributed by atoms with Crippen LogP contribution in [-0.4, -0.2) is 60.2 Å². The summed E-state index contributed by atoms with van der Waals surface area (Å²) in [4.78, 5) is 32.0. The van der Waals surface area contributed by atoms with E-state index >= 15 is 0 Å². The first-order chi connectivity index (χ1) is 11.4. The first-order valence-corrected chi connectivity index (χ1v) is 10.4. The largest absolute Gasteiger partial charge is 0.471 e. The lowest BCUT2D eigenvalue weighted by atomic mass is 10.0. The molecule has 2 aliphatic heterocycles. The molecule has 2 heterocycles. The highest BCUT2D eigenvalue weighted by molar-refractivity contribution is 8.00. The van der Waals surface area contributed by atoms with Crippen molar-refractivity contribution in [2.75, 3.05) is 26.0 Å². The molecule has 0 aromatic heterocycles. The maximum absolute atomic E-state index is 11.7. The van der Waals surface area contributed by atoms with Gasteiger partial charge < -0.3 is 20.8 Å². The van der Waals surface area contributed by atoms with E-state index in [9.17, 15) is 14.2 Å². The van der Waals surface area contributed by atoms with Gasteiger partial charge in [-0.05, 0) is 12.8 Å². The minimum atomic E-state index is -3.97. The Kier molecular flexibility index (Phi) is 7.36. The molecule has 9 nitrogen and oxygen atoms in total. The molecule has 0 saturated carbocycles. The van der Waals surface area contributed by atoms with E-state index in [4.69, 9.17) is 4.89 Å². The average molecular weight is 381 g/mol. The fourth-order valence-corrected chi connectivity index (χ4v) is 4.74. The molecule has 2 fully saturated rings. The molecule has 4 N–H and O–H groups in total. The summed E-state index contributed by atoms with van der Waals surface area (Å²) in [5.41, 5.74) is 0. The third kappa shape index (κ3) is 5.93. The number of amides is 3. The van der Waals surface area contributed by atoms with E-state index in [1.165, 1.54) is 0 Å². The zero-order chi connectivity index (χ0) is 17.6. The number of thioether (sulfide) groups is 1. The van der Waals surface area contributed by atoms with Gasteiger partial charge in [0, 0.05) is 31.1 Å². The number of fused-ring (bicyclic) bond motifs is 1. The summed E-state index contributed by atoms with van der Waals surface area (Å²) >= 11 is 1.86. The number of hydrogen-bond donors (Lipinski definition) is 4. The summed E-state index contributed by atoms with van der Waals surface area (Å²) in [5, 5.41) is 8.88. The van der Waals surface area contributed by atoms with E-state index in [0.717, 1.165) is 32.1 Å². The van der Waals surface area contributed by atoms with Gasteiger partial charge in [0.2, 0.25) is 5.91 Å². The predicted molar refractivity (Wildman–Crippen MR) is 89.8 cm³/mol. The zero-order valence-corrected chi connectivity index (χ0v) is 15.2. The average Bonchev–Trinajstić information content (AvgIpc) is 3.08. The molecule has 0 aromatic carbocycles. The van der Waals surface area contributed by atoms with Crippen molar-refractivity contribution >= 4 is 31.5 Å². The van der Waals surface area contributed by atoms with Crippen molar-refractivity contribution in [2.24, 2.45) is 0 Å². The molecule has 24 heavy (non-hydrogen) atoms. The molecule has 11 heteroatoms. The molecule has 0 aromatic rings. The first-order valence-electron chi connectivity index (χ1n) is 7.89. The van der Waals surface area contributed by atoms with Crippen molar-refractivity contribution in [3.05, 3.63) is 0 Å². The van der Waals surface area contributed by atoms with Gasteiger partial charge in [0.25, 0.3) is 0 Å². The predicted octanol–water partition coefficient (Wildman–Crippen LogP) is 0.592. The van der Waals surface area contributed by atoms with E-state index in [0.29, 0.717) is 11.7 Å². The number of phosphoric ester groups is 1. The first kappa shape index (κ1) is 19.5. The summed E-state index contributed by atoms with van der Waals surface area (Å²) in [6, 6.07) is 0.339. The highest BCUT2D eigenvalue weighted by Crippen LogP contribution is 2.41. The van der Waals surface area contributed by atoms with Crippen LogP contribution in [0.4, 0.5) is 4.79 Å². The number of nitrogens with one attached hydrogen (secondary N) is 3. The van der Waals surface area contributed by atoms with Gasteiger partial charge >= 0.3 is 13.9 Å². The number of hydrogen-bond acceptors (Lipinski definition) is 6. The molecule has 0 radical (unpaired) electrons. The van der Waals surface area contributed by atoms with Crippen molar-refractivity contribution in [3.8, 4) is 0 Å². The summed E-state index contributed by atoms with van der Waals surface area (Å²) in [6.45, 7) is 0.0779. The monoisotopic (exact) mass is 381 g/mol. The topological polar surface area (TPSA) is 126 Å². The molecular formula is C13H24N3O6PS. The SMILES string of the molecule is COP(=O)(O)OCCNC(=O)CCCCC1SC[C@@H]2NC(=O)N[C@H]12. The summed E-state index contributed by atoms with van der Waals surface area (Å²) < 4.78 is 19.9. The lowest BCUT2D eigenvalue weighted by Crippen LogP contribution is -2.36. The highest BCUT2D eigenvalue weighted by Gasteiger charge is 2.42. The molecule has 2 unspecified atom stereocenters. The molecule has 3 amide bonds. The van der Waals surface area contributed by atoms with Crippen LogP contribution < -0.4 is 16.0 Å². The van der Waals surface area contributed by atoms with Gasteiger partial charge in [-0.3, -0.25) is 13.8 Å². The van der Waals surface area contributed by atoms with Gasteiger partial charge in [0.15, 0.2) is 0 Å². The van der Waals surface area contributed by atoms with Gasteiger partial charge in [-0.1, -0.05) is 6.42 Å². The molecule has 0 bridgehead atoms. The highest BCUT2D eigenvalue weighted by atomic mass is 32.2. The van der Waals surface area contributed by atoms with Gasteiger partial charge in [0.05, 0.1) is 18.7 Å². The van der Waals surface area contributed by atoms with E-state index < -0.39 is 7.82 Å². The minimum absolute atomic E-state index is 0.0815.